The number of aromatic hydroxyl groups is 1. The van der Waals surface area contributed by atoms with Crippen molar-refractivity contribution in [1.82, 2.24) is 0 Å². The molecule has 1 fully saturated rings. The molecule has 1 saturated carbocycles. The van der Waals surface area contributed by atoms with Crippen LogP contribution in [0.2, 0.25) is 0 Å². The van der Waals surface area contributed by atoms with Crippen molar-refractivity contribution in [3.63, 3.8) is 0 Å². The van der Waals surface area contributed by atoms with E-state index in [2.05, 4.69) is 11.8 Å². The molecule has 0 aromatic heterocycles. The summed E-state index contributed by atoms with van der Waals surface area (Å²) in [6.45, 7) is 9.99. The third-order valence-electron chi connectivity index (χ3n) is 7.94. The van der Waals surface area contributed by atoms with Gasteiger partial charge in [-0.15, -0.1) is 5.92 Å². The fourth-order valence-corrected chi connectivity index (χ4v) is 6.49. The van der Waals surface area contributed by atoms with Gasteiger partial charge in [0.2, 0.25) is 5.78 Å². The van der Waals surface area contributed by atoms with Crippen LogP contribution in [0.5, 0.6) is 5.75 Å². The van der Waals surface area contributed by atoms with E-state index >= 15 is 0 Å². The summed E-state index contributed by atoms with van der Waals surface area (Å²) in [5.41, 5.74) is -3.78. The van der Waals surface area contributed by atoms with Crippen LogP contribution >= 0.6 is 0 Å². The molecule has 184 valence electrons. The van der Waals surface area contributed by atoms with E-state index in [4.69, 9.17) is 0 Å². The van der Waals surface area contributed by atoms with Gasteiger partial charge in [0.1, 0.15) is 22.8 Å². The Kier molecular flexibility index (Phi) is 5.35. The fourth-order valence-electron chi connectivity index (χ4n) is 6.49. The van der Waals surface area contributed by atoms with Gasteiger partial charge in [0, 0.05) is 22.8 Å². The lowest BCUT2D eigenvalue weighted by molar-refractivity contribution is -0.164. The van der Waals surface area contributed by atoms with Crippen molar-refractivity contribution in [3.05, 3.63) is 45.2 Å². The van der Waals surface area contributed by atoms with Gasteiger partial charge < -0.3 is 20.4 Å². The van der Waals surface area contributed by atoms with E-state index in [0.29, 0.717) is 11.1 Å². The molecule has 7 heteroatoms. The largest absolute Gasteiger partial charge is 0.508 e. The normalized spacial score (nSPS) is 29.9. The van der Waals surface area contributed by atoms with Crippen LogP contribution in [0.1, 0.15) is 82.6 Å². The number of hydrogen-bond donors (Lipinski definition) is 4. The van der Waals surface area contributed by atoms with Crippen molar-refractivity contribution in [1.29, 1.82) is 0 Å². The number of aliphatic hydroxyl groups is 3. The van der Waals surface area contributed by atoms with Crippen molar-refractivity contribution in [2.24, 2.45) is 10.8 Å². The summed E-state index contributed by atoms with van der Waals surface area (Å²) in [6.07, 6.45) is 0.0349. The van der Waals surface area contributed by atoms with Gasteiger partial charge in [-0.1, -0.05) is 33.6 Å². The maximum absolute atomic E-state index is 14.0. The summed E-state index contributed by atoms with van der Waals surface area (Å²) in [7, 11) is 0. The molecule has 0 heterocycles. The van der Waals surface area contributed by atoms with Gasteiger partial charge in [-0.3, -0.25) is 14.4 Å². The summed E-state index contributed by atoms with van der Waals surface area (Å²) in [4.78, 5) is 38.9. The van der Waals surface area contributed by atoms with E-state index in [0.717, 1.165) is 12.5 Å². The summed E-state index contributed by atoms with van der Waals surface area (Å²) in [5, 5.41) is 45.2. The predicted octanol–water partition coefficient (Wildman–Crippen LogP) is 3.80. The molecule has 4 N–H and O–H groups in total. The SMILES string of the molecule is CC#Cc1cc(C(C)C)c2c(c1O)C(O)=C1C(=O)[C@@]3(O)C(O)=C(C(C)=O)C(=O)C[C@@]3(C)C[C@@]1(C)C2. The van der Waals surface area contributed by atoms with E-state index < -0.39 is 50.9 Å². The van der Waals surface area contributed by atoms with Crippen LogP contribution in [0.15, 0.2) is 23.0 Å². The molecule has 1 aromatic rings. The molecule has 0 amide bonds. The van der Waals surface area contributed by atoms with Gasteiger partial charge in [0.25, 0.3) is 0 Å². The Labute approximate surface area is 204 Å². The number of aliphatic hydroxyl groups excluding tert-OH is 2. The van der Waals surface area contributed by atoms with Crippen LogP contribution in [-0.2, 0) is 20.8 Å². The number of phenols is 1. The number of carbonyl (C=O) groups is 3. The number of hydrogen-bond acceptors (Lipinski definition) is 7. The molecule has 7 nitrogen and oxygen atoms in total. The zero-order chi connectivity index (χ0) is 26.2. The summed E-state index contributed by atoms with van der Waals surface area (Å²) in [5.74, 6) is 1.52. The van der Waals surface area contributed by atoms with E-state index in [1.54, 1.807) is 26.8 Å². The number of allylic oxidation sites excluding steroid dienone is 1. The molecule has 3 aliphatic rings. The maximum Gasteiger partial charge on any atom is 0.203 e. The van der Waals surface area contributed by atoms with E-state index in [1.165, 1.54) is 0 Å². The second kappa shape index (κ2) is 7.56. The third-order valence-corrected chi connectivity index (χ3v) is 7.94. The molecule has 1 aromatic carbocycles. The molecule has 0 saturated heterocycles. The standard InChI is InChI=1S/C28H30O7/c1-7-8-15-9-16(13(2)3)17-10-26(5)12-27(6)11-18(30)19(14(4)29)24(33)28(27,35)25(34)21(26)23(32)20(17)22(15)31/h9,13,31-33,35H,10-12H2,1-6H3/t26-,27+,28+/m1/s1. The van der Waals surface area contributed by atoms with Crippen LogP contribution in [0, 0.1) is 22.7 Å². The highest BCUT2D eigenvalue weighted by Crippen LogP contribution is 2.62. The summed E-state index contributed by atoms with van der Waals surface area (Å²) >= 11 is 0. The van der Waals surface area contributed by atoms with Crippen LogP contribution in [0.3, 0.4) is 0 Å². The van der Waals surface area contributed by atoms with Gasteiger partial charge in [0.05, 0.1) is 11.1 Å². The third kappa shape index (κ3) is 3.06. The first-order chi connectivity index (χ1) is 16.1. The summed E-state index contributed by atoms with van der Waals surface area (Å²) < 4.78 is 0. The van der Waals surface area contributed by atoms with Crippen LogP contribution in [0.25, 0.3) is 5.76 Å². The minimum atomic E-state index is -2.57. The first-order valence-electron chi connectivity index (χ1n) is 11.6. The van der Waals surface area contributed by atoms with Crippen molar-refractivity contribution < 1.29 is 34.8 Å². The first kappa shape index (κ1) is 24.7. The Balaban J connectivity index is 2.08. The Morgan fingerprint density at radius 2 is 1.74 bits per heavy atom. The highest BCUT2D eigenvalue weighted by Gasteiger charge is 2.68. The maximum atomic E-state index is 14.0. The van der Waals surface area contributed by atoms with Crippen molar-refractivity contribution >= 4 is 23.1 Å². The minimum absolute atomic E-state index is 0.0212. The van der Waals surface area contributed by atoms with E-state index in [9.17, 15) is 34.8 Å². The second-order valence-electron chi connectivity index (χ2n) is 10.9. The lowest BCUT2D eigenvalue weighted by Crippen LogP contribution is -2.65. The van der Waals surface area contributed by atoms with Gasteiger partial charge in [-0.05, 0) is 49.8 Å². The molecule has 0 bridgehead atoms. The summed E-state index contributed by atoms with van der Waals surface area (Å²) in [6, 6.07) is 1.79. The lowest BCUT2D eigenvalue weighted by Gasteiger charge is -2.56. The highest BCUT2D eigenvalue weighted by molar-refractivity contribution is 6.23. The molecule has 35 heavy (non-hydrogen) atoms. The number of ketones is 3. The van der Waals surface area contributed by atoms with Crippen LogP contribution < -0.4 is 0 Å². The number of rotatable bonds is 2. The monoisotopic (exact) mass is 478 g/mol. The molecule has 0 spiro atoms. The zero-order valence-corrected chi connectivity index (χ0v) is 20.8. The molecule has 3 atom stereocenters. The topological polar surface area (TPSA) is 132 Å². The van der Waals surface area contributed by atoms with Crippen molar-refractivity contribution in [3.8, 4) is 17.6 Å². The Morgan fingerprint density at radius 1 is 1.11 bits per heavy atom. The molecule has 0 radical (unpaired) electrons. The zero-order valence-electron chi connectivity index (χ0n) is 20.8. The first-order valence-corrected chi connectivity index (χ1v) is 11.6. The van der Waals surface area contributed by atoms with Gasteiger partial charge in [0.15, 0.2) is 17.2 Å². The lowest BCUT2D eigenvalue weighted by atomic mass is 9.47. The van der Waals surface area contributed by atoms with Crippen LogP contribution in [-0.4, -0.2) is 43.4 Å². The average molecular weight is 479 g/mol. The van der Waals surface area contributed by atoms with E-state index in [1.807, 2.05) is 13.8 Å². The highest BCUT2D eigenvalue weighted by atomic mass is 16.3. The van der Waals surface area contributed by atoms with Crippen molar-refractivity contribution in [2.75, 3.05) is 0 Å². The Bertz CT molecular complexity index is 1350. The molecular formula is C28H30O7. The molecule has 3 aliphatic carbocycles. The predicted molar refractivity (Wildman–Crippen MR) is 129 cm³/mol. The van der Waals surface area contributed by atoms with E-state index in [-0.39, 0.29) is 42.1 Å². The van der Waals surface area contributed by atoms with Gasteiger partial charge in [-0.25, -0.2) is 0 Å². The number of phenolic OH excluding ortho intramolecular Hbond substituents is 1. The molecule has 0 unspecified atom stereocenters. The van der Waals surface area contributed by atoms with Gasteiger partial charge in [-0.2, -0.15) is 0 Å². The molecule has 0 aliphatic heterocycles. The quantitative estimate of drug-likeness (QED) is 0.375. The number of carbonyl (C=O) groups excluding carboxylic acids is 3. The van der Waals surface area contributed by atoms with Crippen LogP contribution in [0.4, 0.5) is 0 Å². The number of benzene rings is 1. The molecule has 4 rings (SSSR count). The molecular weight excluding hydrogens is 448 g/mol. The minimum Gasteiger partial charge on any atom is -0.508 e. The fraction of sp³-hybridized carbons (Fsp3) is 0.464. The Morgan fingerprint density at radius 3 is 2.29 bits per heavy atom. The Hall–Kier alpha value is -3.37. The second-order valence-corrected chi connectivity index (χ2v) is 10.9. The van der Waals surface area contributed by atoms with Crippen molar-refractivity contribution in [2.45, 2.75) is 72.3 Å². The van der Waals surface area contributed by atoms with Gasteiger partial charge >= 0.3 is 0 Å². The number of Topliss-reactive ketones (excluding diaryl/α,β-unsaturated/α-hetero) is 3. The average Bonchev–Trinajstić information content (AvgIpc) is 2.72. The number of fused-ring (bicyclic) bond motifs is 3. The smallest absolute Gasteiger partial charge is 0.203 e.